The number of benzene rings is 2. The van der Waals surface area contributed by atoms with Gasteiger partial charge in [-0.25, -0.2) is 0 Å². The van der Waals surface area contributed by atoms with Gasteiger partial charge in [0.05, 0.1) is 0 Å². The molecule has 0 amide bonds. The van der Waals surface area contributed by atoms with Crippen molar-refractivity contribution < 1.29 is 9.84 Å². The quantitative estimate of drug-likeness (QED) is 0.890. The first-order chi connectivity index (χ1) is 9.15. The molecule has 2 heteroatoms. The zero-order chi connectivity index (χ0) is 13.4. The van der Waals surface area contributed by atoms with Crippen LogP contribution in [0, 0.1) is 13.8 Å². The largest absolute Gasteiger partial charge is 0.487 e. The summed E-state index contributed by atoms with van der Waals surface area (Å²) in [7, 11) is 0. The van der Waals surface area contributed by atoms with E-state index in [9.17, 15) is 5.11 Å². The minimum Gasteiger partial charge on any atom is -0.487 e. The van der Waals surface area contributed by atoms with Crippen molar-refractivity contribution in [1.82, 2.24) is 0 Å². The molecule has 1 aliphatic rings. The normalized spacial score (nSPS) is 18.8. The average molecular weight is 254 g/mol. The summed E-state index contributed by atoms with van der Waals surface area (Å²) in [6.45, 7) is 4.14. The molecule has 0 fully saturated rings. The number of aryl methyl sites for hydroxylation is 2. The third-order valence-electron chi connectivity index (χ3n) is 3.90. The summed E-state index contributed by atoms with van der Waals surface area (Å²) in [5, 5.41) is 10.5. The minimum atomic E-state index is -0.577. The Balaban J connectivity index is 1.82. The van der Waals surface area contributed by atoms with E-state index >= 15 is 0 Å². The predicted molar refractivity (Wildman–Crippen MR) is 75.4 cm³/mol. The molecule has 2 nitrogen and oxygen atoms in total. The fourth-order valence-corrected chi connectivity index (χ4v) is 2.55. The molecule has 3 rings (SSSR count). The van der Waals surface area contributed by atoms with Crippen molar-refractivity contribution in [2.24, 2.45) is 0 Å². The lowest BCUT2D eigenvalue weighted by Gasteiger charge is -2.19. The van der Waals surface area contributed by atoms with Gasteiger partial charge in [-0.3, -0.25) is 0 Å². The Kier molecular flexibility index (Phi) is 3.03. The first-order valence-electron chi connectivity index (χ1n) is 6.65. The Labute approximate surface area is 113 Å². The fourth-order valence-electron chi connectivity index (χ4n) is 2.55. The zero-order valence-corrected chi connectivity index (χ0v) is 11.3. The summed E-state index contributed by atoms with van der Waals surface area (Å²) >= 11 is 0. The van der Waals surface area contributed by atoms with Gasteiger partial charge in [0, 0.05) is 6.42 Å². The van der Waals surface area contributed by atoms with E-state index in [0.717, 1.165) is 17.7 Å². The van der Waals surface area contributed by atoms with E-state index < -0.39 is 6.10 Å². The van der Waals surface area contributed by atoms with Gasteiger partial charge in [-0.2, -0.15) is 0 Å². The van der Waals surface area contributed by atoms with Gasteiger partial charge in [-0.05, 0) is 42.2 Å². The van der Waals surface area contributed by atoms with Crippen LogP contribution in [0.3, 0.4) is 0 Å². The lowest BCUT2D eigenvalue weighted by molar-refractivity contribution is 0.0492. The maximum atomic E-state index is 10.5. The molecule has 0 spiro atoms. The van der Waals surface area contributed by atoms with Gasteiger partial charge in [-0.15, -0.1) is 0 Å². The van der Waals surface area contributed by atoms with Gasteiger partial charge < -0.3 is 9.84 Å². The summed E-state index contributed by atoms with van der Waals surface area (Å²) in [5.74, 6) is 0.899. The highest BCUT2D eigenvalue weighted by Gasteiger charge is 2.29. The molecule has 2 aromatic carbocycles. The van der Waals surface area contributed by atoms with Gasteiger partial charge in [-0.1, -0.05) is 36.4 Å². The summed E-state index contributed by atoms with van der Waals surface area (Å²) in [6.07, 6.45) is 0.00998. The van der Waals surface area contributed by atoms with E-state index in [2.05, 4.69) is 26.0 Å². The molecule has 2 unspecified atom stereocenters. The molecule has 0 saturated carbocycles. The molecule has 0 aromatic heterocycles. The number of rotatable bonds is 2. The highest BCUT2D eigenvalue weighted by molar-refractivity contribution is 5.39. The van der Waals surface area contributed by atoms with E-state index in [-0.39, 0.29) is 6.10 Å². The summed E-state index contributed by atoms with van der Waals surface area (Å²) in [5.41, 5.74) is 4.55. The number of hydrogen-bond donors (Lipinski definition) is 1. The van der Waals surface area contributed by atoms with E-state index in [1.165, 1.54) is 16.7 Å². The Hall–Kier alpha value is -1.80. The van der Waals surface area contributed by atoms with Crippen molar-refractivity contribution in [1.29, 1.82) is 0 Å². The zero-order valence-electron chi connectivity index (χ0n) is 11.3. The Morgan fingerprint density at radius 1 is 1.11 bits per heavy atom. The van der Waals surface area contributed by atoms with Crippen molar-refractivity contribution in [2.45, 2.75) is 32.5 Å². The number of fused-ring (bicyclic) bond motifs is 1. The van der Waals surface area contributed by atoms with Gasteiger partial charge in [0.25, 0.3) is 0 Å². The number of aliphatic hydroxyl groups is 1. The fraction of sp³-hybridized carbons (Fsp3) is 0.294. The van der Waals surface area contributed by atoms with Crippen LogP contribution >= 0.6 is 0 Å². The third kappa shape index (κ3) is 2.24. The lowest BCUT2D eigenvalue weighted by Crippen LogP contribution is -2.23. The number of hydrogen-bond acceptors (Lipinski definition) is 2. The molecule has 0 bridgehead atoms. The number of ether oxygens (including phenoxy) is 1. The van der Waals surface area contributed by atoms with E-state index in [1.807, 2.05) is 30.3 Å². The Bertz CT molecular complexity index is 579. The highest BCUT2D eigenvalue weighted by Crippen LogP contribution is 2.34. The van der Waals surface area contributed by atoms with Gasteiger partial charge in [0.15, 0.2) is 0 Å². The summed E-state index contributed by atoms with van der Waals surface area (Å²) in [4.78, 5) is 0. The molecule has 1 aliphatic heterocycles. The van der Waals surface area contributed by atoms with E-state index in [1.54, 1.807) is 0 Å². The average Bonchev–Trinajstić information content (AvgIpc) is 2.85. The SMILES string of the molecule is Cc1ccc(C(O)C2Cc3ccccc3O2)cc1C. The van der Waals surface area contributed by atoms with Crippen molar-refractivity contribution in [3.63, 3.8) is 0 Å². The van der Waals surface area contributed by atoms with Crippen LogP contribution in [-0.2, 0) is 6.42 Å². The van der Waals surface area contributed by atoms with Gasteiger partial charge in [0.2, 0.25) is 0 Å². The van der Waals surface area contributed by atoms with Crippen molar-refractivity contribution in [3.8, 4) is 5.75 Å². The first-order valence-corrected chi connectivity index (χ1v) is 6.65. The van der Waals surface area contributed by atoms with Gasteiger partial charge in [0.1, 0.15) is 18.0 Å². The molecule has 2 aromatic rings. The van der Waals surface area contributed by atoms with Crippen LogP contribution in [0.15, 0.2) is 42.5 Å². The standard InChI is InChI=1S/C17H18O2/c1-11-7-8-14(9-12(11)2)17(18)16-10-13-5-3-4-6-15(13)19-16/h3-9,16-18H,10H2,1-2H3. The summed E-state index contributed by atoms with van der Waals surface area (Å²) in [6, 6.07) is 14.1. The van der Waals surface area contributed by atoms with Crippen LogP contribution in [0.25, 0.3) is 0 Å². The molecule has 0 radical (unpaired) electrons. The maximum Gasteiger partial charge on any atom is 0.133 e. The second kappa shape index (κ2) is 4.71. The van der Waals surface area contributed by atoms with Crippen LogP contribution in [0.1, 0.15) is 28.4 Å². The first kappa shape index (κ1) is 12.2. The van der Waals surface area contributed by atoms with Crippen LogP contribution < -0.4 is 4.74 Å². The highest BCUT2D eigenvalue weighted by atomic mass is 16.5. The second-order valence-corrected chi connectivity index (χ2v) is 5.26. The smallest absolute Gasteiger partial charge is 0.133 e. The van der Waals surface area contributed by atoms with E-state index in [0.29, 0.717) is 0 Å². The van der Waals surface area contributed by atoms with Crippen LogP contribution in [-0.4, -0.2) is 11.2 Å². The molecule has 19 heavy (non-hydrogen) atoms. The third-order valence-corrected chi connectivity index (χ3v) is 3.90. The molecule has 98 valence electrons. The molecular formula is C17H18O2. The maximum absolute atomic E-state index is 10.5. The Morgan fingerprint density at radius 3 is 2.63 bits per heavy atom. The van der Waals surface area contributed by atoms with Crippen molar-refractivity contribution >= 4 is 0 Å². The molecule has 1 N–H and O–H groups in total. The minimum absolute atomic E-state index is 0.181. The molecular weight excluding hydrogens is 236 g/mol. The monoisotopic (exact) mass is 254 g/mol. The number of aliphatic hydroxyl groups excluding tert-OH is 1. The van der Waals surface area contributed by atoms with Crippen LogP contribution in [0.2, 0.25) is 0 Å². The lowest BCUT2D eigenvalue weighted by atomic mass is 9.97. The molecule has 0 aliphatic carbocycles. The van der Waals surface area contributed by atoms with Crippen LogP contribution in [0.5, 0.6) is 5.75 Å². The summed E-state index contributed by atoms with van der Waals surface area (Å²) < 4.78 is 5.84. The molecule has 2 atom stereocenters. The number of para-hydroxylation sites is 1. The Morgan fingerprint density at radius 2 is 1.89 bits per heavy atom. The van der Waals surface area contributed by atoms with Crippen molar-refractivity contribution in [3.05, 3.63) is 64.7 Å². The van der Waals surface area contributed by atoms with Crippen molar-refractivity contribution in [2.75, 3.05) is 0 Å². The topological polar surface area (TPSA) is 29.5 Å². The molecule has 0 saturated heterocycles. The molecule has 1 heterocycles. The second-order valence-electron chi connectivity index (χ2n) is 5.26. The van der Waals surface area contributed by atoms with Gasteiger partial charge >= 0.3 is 0 Å². The van der Waals surface area contributed by atoms with Crippen LogP contribution in [0.4, 0.5) is 0 Å². The van der Waals surface area contributed by atoms with E-state index in [4.69, 9.17) is 4.74 Å². The predicted octanol–water partition coefficient (Wildman–Crippen LogP) is 3.34.